The number of carboxylic acids is 2. The largest absolute Gasteiger partial charge is 0.480 e. The van der Waals surface area contributed by atoms with Crippen LogP contribution in [0.1, 0.15) is 27.7 Å². The van der Waals surface area contributed by atoms with E-state index in [0.29, 0.717) is 0 Å². The highest BCUT2D eigenvalue weighted by Crippen LogP contribution is 1.73. The Bertz CT molecular complexity index is 188. The molecule has 0 aromatic carbocycles. The van der Waals surface area contributed by atoms with E-state index >= 15 is 0 Å². The van der Waals surface area contributed by atoms with Crippen LogP contribution in [0.3, 0.4) is 0 Å². The van der Waals surface area contributed by atoms with Gasteiger partial charge < -0.3 is 20.8 Å². The Hall–Kier alpha value is -0.850. The molecule has 0 spiro atoms. The van der Waals surface area contributed by atoms with Crippen molar-refractivity contribution in [2.75, 3.05) is 13.1 Å². The predicted molar refractivity (Wildman–Crippen MR) is 68.8 cm³/mol. The van der Waals surface area contributed by atoms with E-state index in [4.69, 9.17) is 10.2 Å². The third-order valence-electron chi connectivity index (χ3n) is 1.32. The fraction of sp³-hybridized carbons (Fsp3) is 0.800. The smallest absolute Gasteiger partial charge is 0.317 e. The summed E-state index contributed by atoms with van der Waals surface area (Å²) >= 11 is 0. The normalized spacial score (nSPS) is 9.29. The van der Waals surface area contributed by atoms with Gasteiger partial charge in [0.1, 0.15) is 0 Å². The van der Waals surface area contributed by atoms with Crippen molar-refractivity contribution in [3.63, 3.8) is 0 Å². The maximum atomic E-state index is 9.84. The summed E-state index contributed by atoms with van der Waals surface area (Å²) in [5, 5.41) is 21.7. The average molecular weight is 271 g/mol. The van der Waals surface area contributed by atoms with Gasteiger partial charge in [-0.25, -0.2) is 0 Å². The highest BCUT2D eigenvalue weighted by Gasteiger charge is 1.96. The van der Waals surface area contributed by atoms with Crippen molar-refractivity contribution in [2.45, 2.75) is 39.8 Å². The van der Waals surface area contributed by atoms with Gasteiger partial charge in [-0.3, -0.25) is 9.59 Å². The van der Waals surface area contributed by atoms with Crippen molar-refractivity contribution in [1.29, 1.82) is 0 Å². The number of halogens is 1. The van der Waals surface area contributed by atoms with E-state index in [2.05, 4.69) is 10.6 Å². The first kappa shape index (κ1) is 21.4. The number of hydrogen-bond donors (Lipinski definition) is 4. The summed E-state index contributed by atoms with van der Waals surface area (Å²) in [5.41, 5.74) is 0. The summed E-state index contributed by atoms with van der Waals surface area (Å²) in [4.78, 5) is 19.7. The zero-order chi connectivity index (χ0) is 13.1. The topological polar surface area (TPSA) is 98.7 Å². The van der Waals surface area contributed by atoms with Crippen LogP contribution >= 0.6 is 12.4 Å². The highest BCUT2D eigenvalue weighted by atomic mass is 35.5. The van der Waals surface area contributed by atoms with Crippen molar-refractivity contribution in [3.05, 3.63) is 0 Å². The minimum absolute atomic E-state index is 0. The standard InChI is InChI=1S/2C5H11NO2.ClH/c2*1-4(2)6-3-5(7)8;/h2*4,6H,3H2,1-2H3,(H,7,8);1H. The molecule has 0 aromatic rings. The molecule has 0 aromatic heterocycles. The van der Waals surface area contributed by atoms with E-state index in [1.54, 1.807) is 0 Å². The summed E-state index contributed by atoms with van der Waals surface area (Å²) in [6.45, 7) is 7.73. The molecule has 0 bridgehead atoms. The van der Waals surface area contributed by atoms with Crippen LogP contribution in [0.25, 0.3) is 0 Å². The molecule has 0 aliphatic rings. The van der Waals surface area contributed by atoms with Crippen molar-refractivity contribution in [1.82, 2.24) is 10.6 Å². The van der Waals surface area contributed by atoms with Crippen LogP contribution in [0.2, 0.25) is 0 Å². The van der Waals surface area contributed by atoms with Gasteiger partial charge in [-0.05, 0) is 0 Å². The molecule has 0 aliphatic carbocycles. The summed E-state index contributed by atoms with van der Waals surface area (Å²) in [5.74, 6) is -1.61. The monoisotopic (exact) mass is 270 g/mol. The van der Waals surface area contributed by atoms with Gasteiger partial charge in [-0.2, -0.15) is 0 Å². The Morgan fingerprint density at radius 2 is 1.12 bits per heavy atom. The number of aliphatic carboxylic acids is 2. The van der Waals surface area contributed by atoms with Gasteiger partial charge in [0.2, 0.25) is 0 Å². The molecule has 4 N–H and O–H groups in total. The number of nitrogens with one attached hydrogen (secondary N) is 2. The molecule has 17 heavy (non-hydrogen) atoms. The Balaban J connectivity index is -0.000000218. The lowest BCUT2D eigenvalue weighted by molar-refractivity contribution is -0.137. The van der Waals surface area contributed by atoms with Crippen LogP contribution in [0.15, 0.2) is 0 Å². The molecule has 104 valence electrons. The summed E-state index contributed by atoms with van der Waals surface area (Å²) in [6.07, 6.45) is 0. The van der Waals surface area contributed by atoms with Crippen LogP contribution in [0.4, 0.5) is 0 Å². The van der Waals surface area contributed by atoms with Crippen LogP contribution < -0.4 is 10.6 Å². The van der Waals surface area contributed by atoms with Crippen LogP contribution in [-0.4, -0.2) is 47.3 Å². The number of hydrogen-bond acceptors (Lipinski definition) is 4. The molecule has 0 rings (SSSR count). The highest BCUT2D eigenvalue weighted by molar-refractivity contribution is 5.85. The Morgan fingerprint density at radius 1 is 0.882 bits per heavy atom. The zero-order valence-corrected chi connectivity index (χ0v) is 11.5. The fourth-order valence-corrected chi connectivity index (χ4v) is 0.583. The molecule has 0 saturated heterocycles. The van der Waals surface area contributed by atoms with Gasteiger partial charge >= 0.3 is 11.9 Å². The van der Waals surface area contributed by atoms with Gasteiger partial charge in [0.15, 0.2) is 0 Å². The SMILES string of the molecule is CC(C)NCC(=O)O.CC(C)NCC(=O)O.Cl. The lowest BCUT2D eigenvalue weighted by Gasteiger charge is -2.02. The molecule has 6 nitrogen and oxygen atoms in total. The minimum atomic E-state index is -0.807. The van der Waals surface area contributed by atoms with Gasteiger partial charge in [0.05, 0.1) is 13.1 Å². The maximum absolute atomic E-state index is 9.84. The van der Waals surface area contributed by atoms with Crippen molar-refractivity contribution < 1.29 is 19.8 Å². The minimum Gasteiger partial charge on any atom is -0.480 e. The lowest BCUT2D eigenvalue weighted by atomic mass is 10.4. The molecule has 0 heterocycles. The van der Waals surface area contributed by atoms with Gasteiger partial charge in [0, 0.05) is 12.1 Å². The van der Waals surface area contributed by atoms with Crippen LogP contribution in [0, 0.1) is 0 Å². The summed E-state index contributed by atoms with van der Waals surface area (Å²) < 4.78 is 0. The van der Waals surface area contributed by atoms with Crippen molar-refractivity contribution in [2.24, 2.45) is 0 Å². The first-order valence-corrected chi connectivity index (χ1v) is 5.16. The van der Waals surface area contributed by atoms with Crippen LogP contribution in [0.5, 0.6) is 0 Å². The number of carboxylic acid groups (broad SMARTS) is 2. The molecule has 0 radical (unpaired) electrons. The molecule has 7 heteroatoms. The Kier molecular flexibility index (Phi) is 16.7. The Labute approximate surface area is 108 Å². The lowest BCUT2D eigenvalue weighted by Crippen LogP contribution is -2.28. The maximum Gasteiger partial charge on any atom is 0.317 e. The van der Waals surface area contributed by atoms with Gasteiger partial charge in [-0.1, -0.05) is 27.7 Å². The summed E-state index contributed by atoms with van der Waals surface area (Å²) in [7, 11) is 0. The van der Waals surface area contributed by atoms with Gasteiger partial charge in [0.25, 0.3) is 0 Å². The van der Waals surface area contributed by atoms with Crippen molar-refractivity contribution in [3.8, 4) is 0 Å². The molecular weight excluding hydrogens is 248 g/mol. The molecule has 0 amide bonds. The second-order valence-electron chi connectivity index (χ2n) is 3.86. The first-order chi connectivity index (χ1) is 7.25. The number of rotatable bonds is 6. The predicted octanol–water partition coefficient (Wildman–Crippen LogP) is 0.560. The van der Waals surface area contributed by atoms with E-state index in [9.17, 15) is 9.59 Å². The zero-order valence-electron chi connectivity index (χ0n) is 10.7. The quantitative estimate of drug-likeness (QED) is 0.563. The fourth-order valence-electron chi connectivity index (χ4n) is 0.583. The summed E-state index contributed by atoms with van der Waals surface area (Å²) in [6, 6.07) is 0.511. The molecule has 0 aliphatic heterocycles. The average Bonchev–Trinajstić information content (AvgIpc) is 2.12. The van der Waals surface area contributed by atoms with Crippen molar-refractivity contribution >= 4 is 24.3 Å². The van der Waals surface area contributed by atoms with Crippen LogP contribution in [-0.2, 0) is 9.59 Å². The Morgan fingerprint density at radius 3 is 1.18 bits per heavy atom. The molecular formula is C10H23ClN2O4. The van der Waals surface area contributed by atoms with E-state index in [1.165, 1.54) is 0 Å². The second kappa shape index (κ2) is 13.2. The molecule has 0 saturated carbocycles. The van der Waals surface area contributed by atoms with Gasteiger partial charge in [-0.15, -0.1) is 12.4 Å². The second-order valence-corrected chi connectivity index (χ2v) is 3.86. The van der Waals surface area contributed by atoms with E-state index in [0.717, 1.165) is 0 Å². The number of carbonyl (C=O) groups is 2. The van der Waals surface area contributed by atoms with E-state index < -0.39 is 11.9 Å². The first-order valence-electron chi connectivity index (χ1n) is 5.16. The van der Waals surface area contributed by atoms with E-state index in [-0.39, 0.29) is 37.6 Å². The third-order valence-corrected chi connectivity index (χ3v) is 1.32. The molecule has 0 fully saturated rings. The third kappa shape index (κ3) is 31.3. The molecule has 0 unspecified atom stereocenters. The molecule has 0 atom stereocenters. The van der Waals surface area contributed by atoms with E-state index in [1.807, 2.05) is 27.7 Å².